The number of para-hydroxylation sites is 3. The van der Waals surface area contributed by atoms with Gasteiger partial charge in [0.2, 0.25) is 0 Å². The number of fused-ring (bicyclic) bond motifs is 6. The number of rotatable bonds is 9. The van der Waals surface area contributed by atoms with Gasteiger partial charge in [0, 0.05) is 55.9 Å². The van der Waals surface area contributed by atoms with Gasteiger partial charge in [0.25, 0.3) is 0 Å². The fraction of sp³-hybridized carbons (Fsp3) is 0.0317. The third-order valence-electron chi connectivity index (χ3n) is 13.6. The molecule has 0 unspecified atom stereocenters. The van der Waals surface area contributed by atoms with Gasteiger partial charge in [-0.15, -0.1) is 0 Å². The standard InChI is InChI=1S/C63H45N5/c1-6-18-44(19-7-1)46-30-34-51(35-31-46)65(52-36-32-47(33-37-52)45-20-8-2-9-21-45)53-38-40-54(41-39-53)66-58-29-17-16-28-55(58)56-42-60-57(43-59(56)66)61-63(67(60)49-24-12-4-13-25-49)64-62(48-22-10-3-11-23-48)68(61)50-26-14-5-15-27-50/h1-38,40,42-43H,39,41H2. The molecule has 1 aliphatic rings. The van der Waals surface area contributed by atoms with Crippen LogP contribution in [0, 0.1) is 0 Å². The molecule has 1 aliphatic carbocycles. The Kier molecular flexibility index (Phi) is 9.57. The van der Waals surface area contributed by atoms with Crippen LogP contribution in [0.15, 0.2) is 254 Å². The van der Waals surface area contributed by atoms with Gasteiger partial charge in [0.1, 0.15) is 11.3 Å². The van der Waals surface area contributed by atoms with E-state index in [4.69, 9.17) is 4.98 Å². The van der Waals surface area contributed by atoms with Crippen molar-refractivity contribution in [2.75, 3.05) is 4.90 Å². The number of anilines is 2. The van der Waals surface area contributed by atoms with Gasteiger partial charge < -0.3 is 9.47 Å². The molecule has 0 saturated carbocycles. The number of benzene rings is 9. The predicted octanol–water partition coefficient (Wildman–Crippen LogP) is 16.4. The summed E-state index contributed by atoms with van der Waals surface area (Å²) >= 11 is 0. The van der Waals surface area contributed by atoms with Crippen molar-refractivity contribution in [1.29, 1.82) is 0 Å². The fourth-order valence-corrected chi connectivity index (χ4v) is 10.4. The third-order valence-corrected chi connectivity index (χ3v) is 13.6. The molecule has 3 aromatic heterocycles. The van der Waals surface area contributed by atoms with E-state index in [0.29, 0.717) is 0 Å². The molecule has 0 radical (unpaired) electrons. The molecule has 0 spiro atoms. The maximum atomic E-state index is 5.53. The van der Waals surface area contributed by atoms with E-state index in [1.165, 1.54) is 55.5 Å². The molecule has 0 aliphatic heterocycles. The van der Waals surface area contributed by atoms with Crippen molar-refractivity contribution >= 4 is 60.9 Å². The van der Waals surface area contributed by atoms with Crippen molar-refractivity contribution in [2.24, 2.45) is 0 Å². The Morgan fingerprint density at radius 2 is 0.824 bits per heavy atom. The van der Waals surface area contributed by atoms with Gasteiger partial charge in [-0.1, -0.05) is 170 Å². The Hall–Kier alpha value is -8.93. The smallest absolute Gasteiger partial charge is 0.165 e. The summed E-state index contributed by atoms with van der Waals surface area (Å²) in [4.78, 5) is 7.97. The van der Waals surface area contributed by atoms with Gasteiger partial charge in [-0.05, 0) is 114 Å². The van der Waals surface area contributed by atoms with Gasteiger partial charge in [0.15, 0.2) is 5.65 Å². The molecule has 0 bridgehead atoms. The molecule has 5 heteroatoms. The largest absolute Gasteiger partial charge is 0.314 e. The Bertz CT molecular complexity index is 3760. The quantitative estimate of drug-likeness (QED) is 0.145. The monoisotopic (exact) mass is 871 g/mol. The molecule has 0 atom stereocenters. The van der Waals surface area contributed by atoms with Crippen molar-refractivity contribution in [1.82, 2.24) is 18.7 Å². The first kappa shape index (κ1) is 39.4. The van der Waals surface area contributed by atoms with E-state index in [9.17, 15) is 0 Å². The van der Waals surface area contributed by atoms with Crippen LogP contribution in [0.2, 0.25) is 0 Å². The number of hydrogen-bond donors (Lipinski definition) is 0. The summed E-state index contributed by atoms with van der Waals surface area (Å²) in [5.41, 5.74) is 18.3. The molecule has 9 aromatic carbocycles. The Labute approximate surface area is 395 Å². The van der Waals surface area contributed by atoms with E-state index >= 15 is 0 Å². The molecule has 0 N–H and O–H groups in total. The second kappa shape index (κ2) is 16.5. The van der Waals surface area contributed by atoms with E-state index in [1.54, 1.807) is 0 Å². The zero-order valence-corrected chi connectivity index (χ0v) is 37.3. The predicted molar refractivity (Wildman–Crippen MR) is 284 cm³/mol. The summed E-state index contributed by atoms with van der Waals surface area (Å²) in [6.07, 6.45) is 6.41. The lowest BCUT2D eigenvalue weighted by atomic mass is 10.0. The molecule has 68 heavy (non-hydrogen) atoms. The van der Waals surface area contributed by atoms with E-state index in [1.807, 2.05) is 0 Å². The Balaban J connectivity index is 0.998. The van der Waals surface area contributed by atoms with Gasteiger partial charge in [-0.2, -0.15) is 0 Å². The van der Waals surface area contributed by atoms with Gasteiger partial charge in [-0.25, -0.2) is 4.98 Å². The summed E-state index contributed by atoms with van der Waals surface area (Å²) in [7, 11) is 0. The minimum Gasteiger partial charge on any atom is -0.314 e. The summed E-state index contributed by atoms with van der Waals surface area (Å²) in [6.45, 7) is 0. The van der Waals surface area contributed by atoms with Crippen LogP contribution in [-0.4, -0.2) is 18.7 Å². The number of nitrogens with zero attached hydrogens (tertiary/aromatic N) is 5. The highest BCUT2D eigenvalue weighted by Gasteiger charge is 2.26. The number of allylic oxidation sites excluding steroid dienone is 4. The molecular formula is C63H45N5. The first-order chi connectivity index (χ1) is 33.7. The molecule has 13 rings (SSSR count). The van der Waals surface area contributed by atoms with Crippen molar-refractivity contribution in [3.63, 3.8) is 0 Å². The van der Waals surface area contributed by atoms with Gasteiger partial charge in [0.05, 0.1) is 16.6 Å². The Morgan fingerprint density at radius 3 is 1.38 bits per heavy atom. The summed E-state index contributed by atoms with van der Waals surface area (Å²) < 4.78 is 7.22. The lowest BCUT2D eigenvalue weighted by molar-refractivity contribution is 0.895. The van der Waals surface area contributed by atoms with Crippen LogP contribution in [0.1, 0.15) is 12.8 Å². The highest BCUT2D eigenvalue weighted by Crippen LogP contribution is 2.44. The van der Waals surface area contributed by atoms with Crippen molar-refractivity contribution in [3.8, 4) is 45.0 Å². The molecular weight excluding hydrogens is 827 g/mol. The lowest BCUT2D eigenvalue weighted by Gasteiger charge is -2.30. The summed E-state index contributed by atoms with van der Waals surface area (Å²) in [5, 5.41) is 3.60. The average Bonchev–Trinajstić information content (AvgIpc) is 4.07. The van der Waals surface area contributed by atoms with Gasteiger partial charge in [-0.3, -0.25) is 9.13 Å². The van der Waals surface area contributed by atoms with E-state index in [-0.39, 0.29) is 0 Å². The maximum absolute atomic E-state index is 5.53. The first-order valence-electron chi connectivity index (χ1n) is 23.4. The second-order valence-corrected chi connectivity index (χ2v) is 17.5. The zero-order chi connectivity index (χ0) is 45.0. The fourth-order valence-electron chi connectivity index (χ4n) is 10.4. The van der Waals surface area contributed by atoms with Crippen LogP contribution in [0.3, 0.4) is 0 Å². The Morgan fingerprint density at radius 1 is 0.353 bits per heavy atom. The van der Waals surface area contributed by atoms with E-state index in [2.05, 4.69) is 267 Å². The average molecular weight is 872 g/mol. The normalized spacial score (nSPS) is 12.8. The van der Waals surface area contributed by atoms with E-state index in [0.717, 1.165) is 69.0 Å². The molecule has 0 saturated heterocycles. The van der Waals surface area contributed by atoms with Gasteiger partial charge >= 0.3 is 0 Å². The van der Waals surface area contributed by atoms with Crippen LogP contribution < -0.4 is 4.90 Å². The maximum Gasteiger partial charge on any atom is 0.165 e. The first-order valence-corrected chi connectivity index (χ1v) is 23.4. The minimum absolute atomic E-state index is 0.860. The molecule has 5 nitrogen and oxygen atoms in total. The highest BCUT2D eigenvalue weighted by molar-refractivity contribution is 6.19. The zero-order valence-electron chi connectivity index (χ0n) is 37.3. The number of imidazole rings is 1. The third kappa shape index (κ3) is 6.67. The molecule has 0 amide bonds. The topological polar surface area (TPSA) is 30.9 Å². The van der Waals surface area contributed by atoms with Crippen LogP contribution in [0.5, 0.6) is 0 Å². The van der Waals surface area contributed by atoms with Crippen molar-refractivity contribution in [2.45, 2.75) is 12.8 Å². The van der Waals surface area contributed by atoms with Crippen molar-refractivity contribution < 1.29 is 0 Å². The number of aromatic nitrogens is 4. The second-order valence-electron chi connectivity index (χ2n) is 17.5. The highest BCUT2D eigenvalue weighted by atomic mass is 15.2. The SMILES string of the molecule is C1=C(N(c2ccc(-c3ccccc3)cc2)c2ccc(-c3ccccc3)cc2)CCC(n2c3ccccc3c3cc4c(cc32)c2c(nc(-c3ccccc3)n2-c2ccccc2)n4-c2ccccc2)=C1. The molecule has 0 fully saturated rings. The minimum atomic E-state index is 0.860. The molecule has 12 aromatic rings. The van der Waals surface area contributed by atoms with Crippen LogP contribution >= 0.6 is 0 Å². The van der Waals surface area contributed by atoms with Crippen LogP contribution in [-0.2, 0) is 0 Å². The lowest BCUT2D eigenvalue weighted by Crippen LogP contribution is -2.18. The van der Waals surface area contributed by atoms with E-state index < -0.39 is 0 Å². The van der Waals surface area contributed by atoms with Crippen LogP contribution in [0.25, 0.3) is 94.6 Å². The molecule has 3 heterocycles. The molecule has 322 valence electrons. The summed E-state index contributed by atoms with van der Waals surface area (Å²) in [6, 6.07) is 84.9. The number of hydrogen-bond acceptors (Lipinski definition) is 2. The van der Waals surface area contributed by atoms with Crippen molar-refractivity contribution in [3.05, 3.63) is 254 Å². The van der Waals surface area contributed by atoms with Crippen LogP contribution in [0.4, 0.5) is 11.4 Å². The summed E-state index contributed by atoms with van der Waals surface area (Å²) in [5.74, 6) is 0.913.